The molecular weight excluding hydrogens is 404 g/mol. The molecule has 1 fully saturated rings. The molecule has 0 unspecified atom stereocenters. The molecule has 0 saturated carbocycles. The zero-order valence-corrected chi connectivity index (χ0v) is 18.0. The number of nitrogens with one attached hydrogen (secondary N) is 1. The summed E-state index contributed by atoms with van der Waals surface area (Å²) in [6.45, 7) is 2.04. The molecule has 2 aromatic rings. The fraction of sp³-hybridized carbons (Fsp3) is 0.227. The van der Waals surface area contributed by atoms with Crippen molar-refractivity contribution < 1.29 is 23.8 Å². The number of rotatable bonds is 6. The van der Waals surface area contributed by atoms with Crippen molar-refractivity contribution in [2.45, 2.75) is 13.3 Å². The molecule has 1 aliphatic heterocycles. The fourth-order valence-corrected chi connectivity index (χ4v) is 3.45. The minimum atomic E-state index is -0.580. The summed E-state index contributed by atoms with van der Waals surface area (Å²) in [6, 6.07) is 10.8. The van der Waals surface area contributed by atoms with Gasteiger partial charge in [-0.1, -0.05) is 19.1 Å². The van der Waals surface area contributed by atoms with E-state index in [1.807, 2.05) is 19.1 Å². The van der Waals surface area contributed by atoms with Crippen LogP contribution in [0.15, 0.2) is 42.0 Å². The predicted octanol–water partition coefficient (Wildman–Crippen LogP) is 3.11. The standard InChI is InChI=1S/C22H22N2O5S/c1-5-13-6-9-15(10-7-13)24-21(26)16(20(25)23-22(24)30)12-14-8-11-17(27-2)19(29-4)18(14)28-3/h6-12H,5H2,1-4H3,(H,23,25,30). The van der Waals surface area contributed by atoms with Crippen LogP contribution in [0.3, 0.4) is 0 Å². The fourth-order valence-electron chi connectivity index (χ4n) is 3.17. The summed E-state index contributed by atoms with van der Waals surface area (Å²) in [7, 11) is 4.46. The maximum atomic E-state index is 13.2. The molecule has 1 heterocycles. The van der Waals surface area contributed by atoms with Crippen LogP contribution < -0.4 is 24.4 Å². The first-order valence-corrected chi connectivity index (χ1v) is 9.65. The van der Waals surface area contributed by atoms with E-state index in [0.717, 1.165) is 12.0 Å². The van der Waals surface area contributed by atoms with Gasteiger partial charge in [0.05, 0.1) is 27.0 Å². The van der Waals surface area contributed by atoms with Gasteiger partial charge >= 0.3 is 0 Å². The van der Waals surface area contributed by atoms with Crippen molar-refractivity contribution in [1.29, 1.82) is 0 Å². The number of carbonyl (C=O) groups is 2. The van der Waals surface area contributed by atoms with Crippen molar-refractivity contribution in [2.24, 2.45) is 0 Å². The molecule has 156 valence electrons. The number of thiocarbonyl (C=S) groups is 1. The first-order valence-electron chi connectivity index (χ1n) is 9.24. The Kier molecular flexibility index (Phi) is 6.37. The Morgan fingerprint density at radius 1 is 0.967 bits per heavy atom. The third-order valence-electron chi connectivity index (χ3n) is 4.74. The number of carbonyl (C=O) groups excluding carboxylic acids is 2. The van der Waals surface area contributed by atoms with Crippen molar-refractivity contribution in [2.75, 3.05) is 26.2 Å². The Hall–Kier alpha value is -3.39. The van der Waals surface area contributed by atoms with E-state index >= 15 is 0 Å². The van der Waals surface area contributed by atoms with Crippen LogP contribution in [0.1, 0.15) is 18.1 Å². The monoisotopic (exact) mass is 426 g/mol. The SMILES string of the molecule is CCc1ccc(N2C(=O)C(=Cc3ccc(OC)c(OC)c3OC)C(=O)NC2=S)cc1. The summed E-state index contributed by atoms with van der Waals surface area (Å²) in [5.41, 5.74) is 2.12. The van der Waals surface area contributed by atoms with E-state index in [1.165, 1.54) is 32.3 Å². The van der Waals surface area contributed by atoms with Crippen molar-refractivity contribution in [3.05, 3.63) is 53.1 Å². The summed E-state index contributed by atoms with van der Waals surface area (Å²) in [4.78, 5) is 27.1. The molecule has 0 atom stereocenters. The average Bonchev–Trinajstić information content (AvgIpc) is 2.76. The van der Waals surface area contributed by atoms with Crippen LogP contribution in [-0.4, -0.2) is 38.3 Å². The molecule has 0 radical (unpaired) electrons. The van der Waals surface area contributed by atoms with Gasteiger partial charge in [0, 0.05) is 5.56 Å². The number of hydrogen-bond donors (Lipinski definition) is 1. The van der Waals surface area contributed by atoms with E-state index in [1.54, 1.807) is 24.3 Å². The highest BCUT2D eigenvalue weighted by Gasteiger charge is 2.34. The van der Waals surface area contributed by atoms with Gasteiger partial charge < -0.3 is 14.2 Å². The van der Waals surface area contributed by atoms with Crippen LogP contribution in [0.2, 0.25) is 0 Å². The van der Waals surface area contributed by atoms with Crippen molar-refractivity contribution in [3.8, 4) is 17.2 Å². The van der Waals surface area contributed by atoms with Crippen LogP contribution >= 0.6 is 12.2 Å². The molecule has 0 spiro atoms. The van der Waals surface area contributed by atoms with E-state index in [2.05, 4.69) is 5.32 Å². The lowest BCUT2D eigenvalue weighted by Gasteiger charge is -2.29. The van der Waals surface area contributed by atoms with Crippen molar-refractivity contribution in [3.63, 3.8) is 0 Å². The molecule has 0 bridgehead atoms. The second kappa shape index (κ2) is 8.96. The first-order chi connectivity index (χ1) is 14.4. The number of ether oxygens (including phenoxy) is 3. The van der Waals surface area contributed by atoms with Gasteiger partial charge in [0.25, 0.3) is 11.8 Å². The van der Waals surface area contributed by atoms with E-state index in [4.69, 9.17) is 26.4 Å². The maximum absolute atomic E-state index is 13.2. The van der Waals surface area contributed by atoms with Crippen molar-refractivity contribution >= 4 is 40.9 Å². The summed E-state index contributed by atoms with van der Waals surface area (Å²) < 4.78 is 16.1. The Labute approximate surface area is 180 Å². The highest BCUT2D eigenvalue weighted by Crippen LogP contribution is 2.40. The van der Waals surface area contributed by atoms with Gasteiger partial charge in [0.15, 0.2) is 16.6 Å². The zero-order chi connectivity index (χ0) is 21.8. The van der Waals surface area contributed by atoms with Gasteiger partial charge in [-0.05, 0) is 54.5 Å². The normalized spacial score (nSPS) is 15.3. The number of hydrogen-bond acceptors (Lipinski definition) is 6. The third-order valence-corrected chi connectivity index (χ3v) is 5.02. The molecule has 7 nitrogen and oxygen atoms in total. The number of anilines is 1. The maximum Gasteiger partial charge on any atom is 0.270 e. The molecule has 2 aromatic carbocycles. The van der Waals surface area contributed by atoms with Gasteiger partial charge in [0.1, 0.15) is 5.57 Å². The van der Waals surface area contributed by atoms with Gasteiger partial charge in [-0.25, -0.2) is 0 Å². The van der Waals surface area contributed by atoms with Gasteiger partial charge in [-0.3, -0.25) is 19.8 Å². The first kappa shape index (κ1) is 21.3. The van der Waals surface area contributed by atoms with Crippen LogP contribution in [-0.2, 0) is 16.0 Å². The molecule has 0 aliphatic carbocycles. The number of benzene rings is 2. The van der Waals surface area contributed by atoms with Crippen molar-refractivity contribution in [1.82, 2.24) is 5.32 Å². The zero-order valence-electron chi connectivity index (χ0n) is 17.1. The Morgan fingerprint density at radius 2 is 1.63 bits per heavy atom. The van der Waals surface area contributed by atoms with E-state index in [0.29, 0.717) is 28.5 Å². The molecule has 1 aliphatic rings. The second-order valence-electron chi connectivity index (χ2n) is 6.40. The van der Waals surface area contributed by atoms with E-state index in [9.17, 15) is 9.59 Å². The number of aryl methyl sites for hydroxylation is 1. The summed E-state index contributed by atoms with van der Waals surface area (Å²) in [6.07, 6.45) is 2.33. The minimum absolute atomic E-state index is 0.0330. The molecule has 0 aromatic heterocycles. The Bertz CT molecular complexity index is 1030. The number of amides is 2. The van der Waals surface area contributed by atoms with Crippen LogP contribution in [0.4, 0.5) is 5.69 Å². The Balaban J connectivity index is 2.06. The molecule has 30 heavy (non-hydrogen) atoms. The quantitative estimate of drug-likeness (QED) is 0.435. The lowest BCUT2D eigenvalue weighted by Crippen LogP contribution is -2.54. The smallest absolute Gasteiger partial charge is 0.270 e. The largest absolute Gasteiger partial charge is 0.493 e. The van der Waals surface area contributed by atoms with Gasteiger partial charge in [0.2, 0.25) is 5.75 Å². The lowest BCUT2D eigenvalue weighted by molar-refractivity contribution is -0.122. The average molecular weight is 426 g/mol. The number of nitrogens with zero attached hydrogens (tertiary/aromatic N) is 1. The molecule has 2 amide bonds. The minimum Gasteiger partial charge on any atom is -0.493 e. The van der Waals surface area contributed by atoms with E-state index in [-0.39, 0.29) is 10.7 Å². The molecular formula is C22H22N2O5S. The lowest BCUT2D eigenvalue weighted by atomic mass is 10.0. The predicted molar refractivity (Wildman–Crippen MR) is 118 cm³/mol. The second-order valence-corrected chi connectivity index (χ2v) is 6.79. The molecule has 8 heteroatoms. The summed E-state index contributed by atoms with van der Waals surface area (Å²) in [5.74, 6) is 0.0698. The summed E-state index contributed by atoms with van der Waals surface area (Å²) in [5, 5.41) is 2.61. The van der Waals surface area contributed by atoms with Crippen LogP contribution in [0, 0.1) is 0 Å². The van der Waals surface area contributed by atoms with Crippen LogP contribution in [0.25, 0.3) is 6.08 Å². The third kappa shape index (κ3) is 3.86. The highest BCUT2D eigenvalue weighted by molar-refractivity contribution is 7.80. The topological polar surface area (TPSA) is 77.1 Å². The summed E-state index contributed by atoms with van der Waals surface area (Å²) >= 11 is 5.25. The number of methoxy groups -OCH3 is 3. The van der Waals surface area contributed by atoms with E-state index < -0.39 is 11.8 Å². The van der Waals surface area contributed by atoms with Gasteiger partial charge in [-0.15, -0.1) is 0 Å². The molecule has 3 rings (SSSR count). The Morgan fingerprint density at radius 3 is 2.20 bits per heavy atom. The molecule has 1 saturated heterocycles. The highest BCUT2D eigenvalue weighted by atomic mass is 32.1. The molecule has 1 N–H and O–H groups in total. The van der Waals surface area contributed by atoms with Gasteiger partial charge in [-0.2, -0.15) is 0 Å². The van der Waals surface area contributed by atoms with Crippen LogP contribution in [0.5, 0.6) is 17.2 Å².